The summed E-state index contributed by atoms with van der Waals surface area (Å²) in [6.45, 7) is 0.326. The molecule has 2 nitrogen and oxygen atoms in total. The molecular weight excluding hydrogens is 162 g/mol. The van der Waals surface area contributed by atoms with Gasteiger partial charge in [-0.25, -0.2) is 0 Å². The average molecular weight is 178 g/mol. The van der Waals surface area contributed by atoms with Gasteiger partial charge >= 0.3 is 0 Å². The summed E-state index contributed by atoms with van der Waals surface area (Å²) in [5.41, 5.74) is 0. The summed E-state index contributed by atoms with van der Waals surface area (Å²) in [5.74, 6) is 0.886. The number of aliphatic hydroxyl groups excluding tert-OH is 1. The standard InChI is InChI=1S/C8H15NO.ClH/c10-5-7-4-6-2-1-3-8(6)9-7;/h6-10H,1-5H2;1H. The Labute approximate surface area is 73.8 Å². The Balaban J connectivity index is 0.000000605. The highest BCUT2D eigenvalue weighted by molar-refractivity contribution is 5.85. The van der Waals surface area contributed by atoms with Gasteiger partial charge in [0.15, 0.2) is 0 Å². The molecule has 3 atom stereocenters. The van der Waals surface area contributed by atoms with E-state index < -0.39 is 0 Å². The minimum atomic E-state index is 0. The molecule has 0 aromatic heterocycles. The summed E-state index contributed by atoms with van der Waals surface area (Å²) in [4.78, 5) is 0. The smallest absolute Gasteiger partial charge is 0.0584 e. The predicted molar refractivity (Wildman–Crippen MR) is 47.0 cm³/mol. The second-order valence-corrected chi connectivity index (χ2v) is 3.58. The lowest BCUT2D eigenvalue weighted by Gasteiger charge is -2.08. The minimum Gasteiger partial charge on any atom is -0.395 e. The Morgan fingerprint density at radius 1 is 1.36 bits per heavy atom. The fraction of sp³-hybridized carbons (Fsp3) is 1.00. The molecule has 1 saturated heterocycles. The molecular formula is C8H16ClNO. The number of hydrogen-bond donors (Lipinski definition) is 2. The first-order valence-corrected chi connectivity index (χ1v) is 4.27. The van der Waals surface area contributed by atoms with Crippen molar-refractivity contribution in [3.05, 3.63) is 0 Å². The van der Waals surface area contributed by atoms with Crippen LogP contribution in [0.2, 0.25) is 0 Å². The molecule has 66 valence electrons. The van der Waals surface area contributed by atoms with E-state index in [1.807, 2.05) is 0 Å². The Morgan fingerprint density at radius 2 is 2.18 bits per heavy atom. The van der Waals surface area contributed by atoms with Gasteiger partial charge in [0.1, 0.15) is 0 Å². The lowest BCUT2D eigenvalue weighted by atomic mass is 10.0. The van der Waals surface area contributed by atoms with E-state index in [2.05, 4.69) is 5.32 Å². The van der Waals surface area contributed by atoms with Gasteiger partial charge in [-0.1, -0.05) is 6.42 Å². The fourth-order valence-corrected chi connectivity index (χ4v) is 2.40. The molecule has 2 fully saturated rings. The second-order valence-electron chi connectivity index (χ2n) is 3.58. The van der Waals surface area contributed by atoms with E-state index in [4.69, 9.17) is 5.11 Å². The molecule has 3 heteroatoms. The van der Waals surface area contributed by atoms with Gasteiger partial charge in [0.05, 0.1) is 6.61 Å². The lowest BCUT2D eigenvalue weighted by molar-refractivity contribution is 0.248. The van der Waals surface area contributed by atoms with Crippen molar-refractivity contribution in [1.82, 2.24) is 5.32 Å². The van der Waals surface area contributed by atoms with Crippen LogP contribution in [0.4, 0.5) is 0 Å². The van der Waals surface area contributed by atoms with Crippen molar-refractivity contribution < 1.29 is 5.11 Å². The zero-order chi connectivity index (χ0) is 6.97. The van der Waals surface area contributed by atoms with Crippen molar-refractivity contribution in [3.8, 4) is 0 Å². The van der Waals surface area contributed by atoms with Crippen LogP contribution in [0.25, 0.3) is 0 Å². The van der Waals surface area contributed by atoms with Crippen LogP contribution in [0.1, 0.15) is 25.7 Å². The lowest BCUT2D eigenvalue weighted by Crippen LogP contribution is -2.31. The number of aliphatic hydroxyl groups is 1. The maximum Gasteiger partial charge on any atom is 0.0584 e. The zero-order valence-electron chi connectivity index (χ0n) is 6.62. The zero-order valence-corrected chi connectivity index (χ0v) is 7.44. The molecule has 0 aromatic carbocycles. The first-order chi connectivity index (χ1) is 4.90. The molecule has 1 aliphatic carbocycles. The van der Waals surface area contributed by atoms with Gasteiger partial charge in [0.2, 0.25) is 0 Å². The van der Waals surface area contributed by atoms with E-state index in [-0.39, 0.29) is 12.4 Å². The molecule has 0 radical (unpaired) electrons. The van der Waals surface area contributed by atoms with Crippen molar-refractivity contribution in [1.29, 1.82) is 0 Å². The normalized spacial score (nSPS) is 41.7. The Kier molecular flexibility index (Phi) is 3.16. The Bertz CT molecular complexity index is 119. The number of halogens is 1. The van der Waals surface area contributed by atoms with E-state index in [0.717, 1.165) is 12.0 Å². The third-order valence-electron chi connectivity index (χ3n) is 2.92. The maximum absolute atomic E-state index is 8.86. The molecule has 11 heavy (non-hydrogen) atoms. The molecule has 0 bridgehead atoms. The molecule has 1 saturated carbocycles. The molecule has 2 rings (SSSR count). The van der Waals surface area contributed by atoms with Crippen LogP contribution in [0.15, 0.2) is 0 Å². The minimum absolute atomic E-state index is 0. The van der Waals surface area contributed by atoms with E-state index in [1.165, 1.54) is 25.7 Å². The monoisotopic (exact) mass is 177 g/mol. The van der Waals surface area contributed by atoms with Crippen LogP contribution in [-0.4, -0.2) is 23.8 Å². The molecule has 2 N–H and O–H groups in total. The van der Waals surface area contributed by atoms with Gasteiger partial charge in [-0.05, 0) is 25.2 Å². The average Bonchev–Trinajstić information content (AvgIpc) is 2.42. The molecule has 2 aliphatic rings. The quantitative estimate of drug-likeness (QED) is 0.625. The second kappa shape index (κ2) is 3.74. The van der Waals surface area contributed by atoms with Crippen LogP contribution >= 0.6 is 12.4 Å². The van der Waals surface area contributed by atoms with Gasteiger partial charge < -0.3 is 10.4 Å². The maximum atomic E-state index is 8.86. The van der Waals surface area contributed by atoms with Gasteiger partial charge in [0, 0.05) is 12.1 Å². The summed E-state index contributed by atoms with van der Waals surface area (Å²) in [7, 11) is 0. The summed E-state index contributed by atoms with van der Waals surface area (Å²) in [6.07, 6.45) is 5.32. The highest BCUT2D eigenvalue weighted by Gasteiger charge is 2.35. The van der Waals surface area contributed by atoms with Crippen LogP contribution in [0.3, 0.4) is 0 Å². The van der Waals surface area contributed by atoms with E-state index in [1.54, 1.807) is 0 Å². The SMILES string of the molecule is Cl.OCC1CC2CCCC2N1. The molecule has 1 heterocycles. The van der Waals surface area contributed by atoms with Gasteiger partial charge in [0.25, 0.3) is 0 Å². The highest BCUT2D eigenvalue weighted by Crippen LogP contribution is 2.34. The number of nitrogens with one attached hydrogen (secondary N) is 1. The number of fused-ring (bicyclic) bond motifs is 1. The summed E-state index contributed by atoms with van der Waals surface area (Å²) < 4.78 is 0. The van der Waals surface area contributed by atoms with Gasteiger partial charge in [-0.3, -0.25) is 0 Å². The first kappa shape index (κ1) is 9.30. The van der Waals surface area contributed by atoms with Crippen LogP contribution in [0.5, 0.6) is 0 Å². The summed E-state index contributed by atoms with van der Waals surface area (Å²) >= 11 is 0. The van der Waals surface area contributed by atoms with E-state index >= 15 is 0 Å². The van der Waals surface area contributed by atoms with Crippen molar-refractivity contribution in [2.45, 2.75) is 37.8 Å². The fourth-order valence-electron chi connectivity index (χ4n) is 2.40. The van der Waals surface area contributed by atoms with Crippen molar-refractivity contribution >= 4 is 12.4 Å². The van der Waals surface area contributed by atoms with Crippen LogP contribution in [-0.2, 0) is 0 Å². The topological polar surface area (TPSA) is 32.3 Å². The van der Waals surface area contributed by atoms with Crippen molar-refractivity contribution in [2.75, 3.05) is 6.61 Å². The largest absolute Gasteiger partial charge is 0.395 e. The highest BCUT2D eigenvalue weighted by atomic mass is 35.5. The van der Waals surface area contributed by atoms with Gasteiger partial charge in [-0.15, -0.1) is 12.4 Å². The predicted octanol–water partition coefficient (Wildman–Crippen LogP) is 0.931. The van der Waals surface area contributed by atoms with Gasteiger partial charge in [-0.2, -0.15) is 0 Å². The molecule has 0 aromatic rings. The number of rotatable bonds is 1. The number of hydrogen-bond acceptors (Lipinski definition) is 2. The van der Waals surface area contributed by atoms with Crippen molar-refractivity contribution in [3.63, 3.8) is 0 Å². The van der Waals surface area contributed by atoms with E-state index in [0.29, 0.717) is 12.6 Å². The van der Waals surface area contributed by atoms with Crippen molar-refractivity contribution in [2.24, 2.45) is 5.92 Å². The molecule has 3 unspecified atom stereocenters. The molecule has 1 aliphatic heterocycles. The summed E-state index contributed by atoms with van der Waals surface area (Å²) in [6, 6.07) is 1.16. The van der Waals surface area contributed by atoms with Crippen LogP contribution < -0.4 is 5.32 Å². The van der Waals surface area contributed by atoms with E-state index in [9.17, 15) is 0 Å². The third-order valence-corrected chi connectivity index (χ3v) is 2.92. The Morgan fingerprint density at radius 3 is 2.82 bits per heavy atom. The molecule has 0 spiro atoms. The first-order valence-electron chi connectivity index (χ1n) is 4.27. The molecule has 0 amide bonds. The Hall–Kier alpha value is 0.210. The van der Waals surface area contributed by atoms with Crippen LogP contribution in [0, 0.1) is 5.92 Å². The summed E-state index contributed by atoms with van der Waals surface area (Å²) in [5, 5.41) is 12.3. The third kappa shape index (κ3) is 1.68.